The number of rotatable bonds is 3. The van der Waals surface area contributed by atoms with E-state index in [0.29, 0.717) is 30.9 Å². The molecule has 2 amide bonds. The third-order valence-electron chi connectivity index (χ3n) is 4.60. The normalized spacial score (nSPS) is 16.6. The number of nitrogens with zero attached hydrogens (tertiary/aromatic N) is 2. The number of esters is 1. The molecule has 0 unspecified atom stereocenters. The van der Waals surface area contributed by atoms with Gasteiger partial charge in [0.25, 0.3) is 0 Å². The Hall–Kier alpha value is -3.16. The summed E-state index contributed by atoms with van der Waals surface area (Å²) in [7, 11) is 1.33. The molecule has 2 heterocycles. The average molecular weight is 399 g/mol. The zero-order valence-corrected chi connectivity index (χ0v) is 17.0. The third-order valence-corrected chi connectivity index (χ3v) is 4.60. The number of methoxy groups -OCH3 is 1. The first-order chi connectivity index (χ1) is 13.7. The van der Waals surface area contributed by atoms with Crippen LogP contribution >= 0.6 is 0 Å². The first kappa shape index (κ1) is 20.6. The van der Waals surface area contributed by atoms with Crippen LogP contribution in [-0.2, 0) is 14.3 Å². The molecule has 0 bridgehead atoms. The van der Waals surface area contributed by atoms with Crippen LogP contribution in [0.1, 0.15) is 37.6 Å². The average Bonchev–Trinajstić information content (AvgIpc) is 3.16. The fourth-order valence-corrected chi connectivity index (χ4v) is 3.15. The van der Waals surface area contributed by atoms with Gasteiger partial charge in [0.15, 0.2) is 0 Å². The predicted molar refractivity (Wildman–Crippen MR) is 108 cm³/mol. The van der Waals surface area contributed by atoms with Gasteiger partial charge >= 0.3 is 12.1 Å². The van der Waals surface area contributed by atoms with Gasteiger partial charge in [-0.3, -0.25) is 4.79 Å². The summed E-state index contributed by atoms with van der Waals surface area (Å²) in [6.07, 6.45) is 1.78. The number of likely N-dealkylation sites (tertiary alicyclic amines) is 1. The van der Waals surface area contributed by atoms with Crippen LogP contribution in [0.15, 0.2) is 30.5 Å². The van der Waals surface area contributed by atoms with Crippen LogP contribution in [0.25, 0.3) is 10.8 Å². The third kappa shape index (κ3) is 5.01. The molecule has 0 spiro atoms. The molecule has 3 rings (SSSR count). The van der Waals surface area contributed by atoms with Gasteiger partial charge < -0.3 is 19.7 Å². The number of carbonyl (C=O) groups is 3. The van der Waals surface area contributed by atoms with Gasteiger partial charge in [0.2, 0.25) is 5.91 Å². The number of hydrogen-bond donors (Lipinski definition) is 1. The number of pyridine rings is 1. The Bertz CT molecular complexity index is 951. The summed E-state index contributed by atoms with van der Waals surface area (Å²) in [6.45, 7) is 6.20. The molecule has 1 aliphatic heterocycles. The Kier molecular flexibility index (Phi) is 5.72. The number of hydrogen-bond acceptors (Lipinski definition) is 6. The van der Waals surface area contributed by atoms with Gasteiger partial charge in [-0.2, -0.15) is 0 Å². The van der Waals surface area contributed by atoms with Gasteiger partial charge in [-0.1, -0.05) is 6.07 Å². The highest BCUT2D eigenvalue weighted by Gasteiger charge is 2.33. The molecule has 2 aromatic rings. The Labute approximate surface area is 169 Å². The number of carbonyl (C=O) groups excluding carboxylic acids is 3. The smallest absolute Gasteiger partial charge is 0.410 e. The summed E-state index contributed by atoms with van der Waals surface area (Å²) in [5, 5.41) is 4.41. The van der Waals surface area contributed by atoms with Crippen molar-refractivity contribution < 1.29 is 23.9 Å². The summed E-state index contributed by atoms with van der Waals surface area (Å²) in [6, 6.07) is 6.84. The van der Waals surface area contributed by atoms with E-state index in [-0.39, 0.29) is 11.8 Å². The minimum Gasteiger partial charge on any atom is -0.465 e. The zero-order valence-electron chi connectivity index (χ0n) is 17.0. The van der Waals surface area contributed by atoms with Gasteiger partial charge in [-0.05, 0) is 50.8 Å². The van der Waals surface area contributed by atoms with Crippen molar-refractivity contribution in [2.24, 2.45) is 5.92 Å². The Morgan fingerprint density at radius 1 is 1.17 bits per heavy atom. The van der Waals surface area contributed by atoms with E-state index < -0.39 is 17.7 Å². The lowest BCUT2D eigenvalue weighted by atomic mass is 10.1. The van der Waals surface area contributed by atoms with Crippen LogP contribution in [0.4, 0.5) is 10.6 Å². The lowest BCUT2D eigenvalue weighted by Crippen LogP contribution is -2.36. The van der Waals surface area contributed by atoms with Crippen LogP contribution in [0.2, 0.25) is 0 Å². The van der Waals surface area contributed by atoms with Crippen LogP contribution in [0.5, 0.6) is 0 Å². The fourth-order valence-electron chi connectivity index (χ4n) is 3.15. The minimum absolute atomic E-state index is 0.202. The van der Waals surface area contributed by atoms with Crippen LogP contribution in [0.3, 0.4) is 0 Å². The summed E-state index contributed by atoms with van der Waals surface area (Å²) >= 11 is 0. The second kappa shape index (κ2) is 8.06. The summed E-state index contributed by atoms with van der Waals surface area (Å²) in [5.74, 6) is -0.573. The molecular formula is C21H25N3O5. The van der Waals surface area contributed by atoms with E-state index in [2.05, 4.69) is 10.3 Å². The van der Waals surface area contributed by atoms with Gasteiger partial charge in [0.05, 0.1) is 18.6 Å². The standard InChI is InChI=1S/C21H25N3O5/c1-21(2,3)29-20(27)24-8-7-15(12-24)18(25)23-17-10-16-9-13(19(26)28-4)5-6-14(16)11-22-17/h5-6,9-11,15H,7-8,12H2,1-4H3,(H,22,23,25)/t15-/m0/s1. The highest BCUT2D eigenvalue weighted by molar-refractivity contribution is 5.97. The highest BCUT2D eigenvalue weighted by atomic mass is 16.6. The maximum atomic E-state index is 12.6. The number of benzene rings is 1. The second-order valence-electron chi connectivity index (χ2n) is 8.02. The minimum atomic E-state index is -0.574. The molecule has 1 aliphatic rings. The summed E-state index contributed by atoms with van der Waals surface area (Å²) in [4.78, 5) is 42.3. The zero-order chi connectivity index (χ0) is 21.2. The molecule has 1 aromatic heterocycles. The molecule has 0 radical (unpaired) electrons. The maximum Gasteiger partial charge on any atom is 0.410 e. The van der Waals surface area contributed by atoms with Crippen LogP contribution in [0, 0.1) is 5.92 Å². The van der Waals surface area contributed by atoms with Crippen molar-refractivity contribution >= 4 is 34.6 Å². The second-order valence-corrected chi connectivity index (χ2v) is 8.02. The van der Waals surface area contributed by atoms with E-state index in [4.69, 9.17) is 9.47 Å². The molecule has 0 saturated carbocycles. The van der Waals surface area contributed by atoms with Crippen molar-refractivity contribution in [3.8, 4) is 0 Å². The van der Waals surface area contributed by atoms with Crippen LogP contribution < -0.4 is 5.32 Å². The van der Waals surface area contributed by atoms with Gasteiger partial charge in [-0.15, -0.1) is 0 Å². The van der Waals surface area contributed by atoms with Crippen molar-refractivity contribution in [2.45, 2.75) is 32.8 Å². The SMILES string of the molecule is COC(=O)c1ccc2cnc(NC(=O)[C@H]3CCN(C(=O)OC(C)(C)C)C3)cc2c1. The predicted octanol–water partition coefficient (Wildman–Crippen LogP) is 3.22. The molecular weight excluding hydrogens is 374 g/mol. The molecule has 8 heteroatoms. The van der Waals surface area contributed by atoms with Gasteiger partial charge in [0, 0.05) is 24.7 Å². The van der Waals surface area contributed by atoms with E-state index in [0.717, 1.165) is 10.8 Å². The van der Waals surface area contributed by atoms with E-state index in [1.165, 1.54) is 7.11 Å². The van der Waals surface area contributed by atoms with Gasteiger partial charge in [0.1, 0.15) is 11.4 Å². The number of aromatic nitrogens is 1. The summed E-state index contributed by atoms with van der Waals surface area (Å²) < 4.78 is 10.1. The molecule has 29 heavy (non-hydrogen) atoms. The summed E-state index contributed by atoms with van der Waals surface area (Å²) in [5.41, 5.74) is -0.151. The van der Waals surface area contributed by atoms with Crippen molar-refractivity contribution in [1.29, 1.82) is 0 Å². The topological polar surface area (TPSA) is 97.8 Å². The molecule has 1 fully saturated rings. The number of anilines is 1. The number of ether oxygens (including phenoxy) is 2. The van der Waals surface area contributed by atoms with Crippen molar-refractivity contribution in [1.82, 2.24) is 9.88 Å². The fraction of sp³-hybridized carbons (Fsp3) is 0.429. The first-order valence-electron chi connectivity index (χ1n) is 9.43. The lowest BCUT2D eigenvalue weighted by molar-refractivity contribution is -0.119. The molecule has 0 aliphatic carbocycles. The Morgan fingerprint density at radius 3 is 2.62 bits per heavy atom. The molecule has 1 aromatic carbocycles. The van der Waals surface area contributed by atoms with Crippen molar-refractivity contribution in [2.75, 3.05) is 25.5 Å². The van der Waals surface area contributed by atoms with Crippen molar-refractivity contribution in [3.05, 3.63) is 36.0 Å². The molecule has 8 nitrogen and oxygen atoms in total. The lowest BCUT2D eigenvalue weighted by Gasteiger charge is -2.24. The molecule has 1 saturated heterocycles. The number of amides is 2. The largest absolute Gasteiger partial charge is 0.465 e. The number of nitrogens with one attached hydrogen (secondary N) is 1. The monoisotopic (exact) mass is 399 g/mol. The molecule has 1 atom stereocenters. The van der Waals surface area contributed by atoms with Crippen molar-refractivity contribution in [3.63, 3.8) is 0 Å². The highest BCUT2D eigenvalue weighted by Crippen LogP contribution is 2.23. The van der Waals surface area contributed by atoms with Gasteiger partial charge in [-0.25, -0.2) is 14.6 Å². The molecule has 154 valence electrons. The first-order valence-corrected chi connectivity index (χ1v) is 9.43. The Balaban J connectivity index is 1.67. The van der Waals surface area contributed by atoms with E-state index in [1.807, 2.05) is 20.8 Å². The van der Waals surface area contributed by atoms with Crippen LogP contribution in [-0.4, -0.2) is 53.7 Å². The quantitative estimate of drug-likeness (QED) is 0.796. The molecule has 1 N–H and O–H groups in total. The van der Waals surface area contributed by atoms with E-state index >= 15 is 0 Å². The number of fused-ring (bicyclic) bond motifs is 1. The van der Waals surface area contributed by atoms with E-state index in [9.17, 15) is 14.4 Å². The maximum absolute atomic E-state index is 12.6. The van der Waals surface area contributed by atoms with E-state index in [1.54, 1.807) is 35.4 Å². The Morgan fingerprint density at radius 2 is 1.93 bits per heavy atom.